The van der Waals surface area contributed by atoms with Crippen molar-refractivity contribution in [3.63, 3.8) is 0 Å². The lowest BCUT2D eigenvalue weighted by Gasteiger charge is -2.06. The summed E-state index contributed by atoms with van der Waals surface area (Å²) in [6.45, 7) is 0.813. The first-order valence-corrected chi connectivity index (χ1v) is 9.78. The first-order chi connectivity index (χ1) is 13.3. The SMILES string of the molecule is CNS(=O)(=O)c1ccc(/C=C/C(=O)NCCNc2ccc([N+](=O)[O-])cc2)cc1. The Bertz CT molecular complexity index is 954. The van der Waals surface area contributed by atoms with E-state index in [1.807, 2.05) is 0 Å². The molecule has 2 rings (SSSR count). The first-order valence-electron chi connectivity index (χ1n) is 8.29. The molecule has 0 unspecified atom stereocenters. The Labute approximate surface area is 162 Å². The molecule has 0 atom stereocenters. The molecule has 0 aliphatic heterocycles. The molecule has 3 N–H and O–H groups in total. The highest BCUT2D eigenvalue weighted by Gasteiger charge is 2.09. The van der Waals surface area contributed by atoms with Crippen LogP contribution in [0.2, 0.25) is 0 Å². The molecule has 0 bridgehead atoms. The van der Waals surface area contributed by atoms with E-state index in [-0.39, 0.29) is 16.5 Å². The number of rotatable bonds is 9. The van der Waals surface area contributed by atoms with Gasteiger partial charge in [0.15, 0.2) is 0 Å². The number of nitro groups is 1. The van der Waals surface area contributed by atoms with Crippen molar-refractivity contribution >= 4 is 33.4 Å². The van der Waals surface area contributed by atoms with Gasteiger partial charge in [-0.2, -0.15) is 0 Å². The summed E-state index contributed by atoms with van der Waals surface area (Å²) in [5.74, 6) is -0.294. The van der Waals surface area contributed by atoms with Gasteiger partial charge in [-0.05, 0) is 43.0 Å². The van der Waals surface area contributed by atoms with E-state index < -0.39 is 14.9 Å². The zero-order valence-corrected chi connectivity index (χ0v) is 15.9. The number of hydrogen-bond acceptors (Lipinski definition) is 6. The summed E-state index contributed by atoms with van der Waals surface area (Å²) in [5, 5.41) is 16.3. The van der Waals surface area contributed by atoms with Gasteiger partial charge in [-0.1, -0.05) is 12.1 Å². The Hall–Kier alpha value is -3.24. The maximum absolute atomic E-state index is 11.8. The molecule has 0 aromatic heterocycles. The van der Waals surface area contributed by atoms with Crippen LogP contribution in [-0.4, -0.2) is 39.4 Å². The zero-order valence-electron chi connectivity index (χ0n) is 15.1. The maximum Gasteiger partial charge on any atom is 0.269 e. The van der Waals surface area contributed by atoms with Crippen molar-refractivity contribution in [3.8, 4) is 0 Å². The van der Waals surface area contributed by atoms with Gasteiger partial charge in [-0.3, -0.25) is 14.9 Å². The highest BCUT2D eigenvalue weighted by molar-refractivity contribution is 7.89. The summed E-state index contributed by atoms with van der Waals surface area (Å²) < 4.78 is 25.5. The van der Waals surface area contributed by atoms with Crippen LogP contribution in [0.1, 0.15) is 5.56 Å². The number of benzene rings is 2. The monoisotopic (exact) mass is 404 g/mol. The highest BCUT2D eigenvalue weighted by atomic mass is 32.2. The molecule has 28 heavy (non-hydrogen) atoms. The second kappa shape index (κ2) is 9.62. The number of sulfonamides is 1. The minimum atomic E-state index is -3.48. The number of carbonyl (C=O) groups excluding carboxylic acids is 1. The van der Waals surface area contributed by atoms with Gasteiger partial charge in [0.2, 0.25) is 15.9 Å². The molecule has 1 amide bonds. The molecule has 9 nitrogen and oxygen atoms in total. The molecule has 2 aromatic rings. The Morgan fingerprint density at radius 3 is 2.29 bits per heavy atom. The van der Waals surface area contributed by atoms with Gasteiger partial charge in [0.25, 0.3) is 5.69 Å². The van der Waals surface area contributed by atoms with Gasteiger partial charge in [-0.25, -0.2) is 13.1 Å². The van der Waals surface area contributed by atoms with Crippen molar-refractivity contribution in [3.05, 3.63) is 70.3 Å². The zero-order chi connectivity index (χ0) is 20.6. The molecular formula is C18H20N4O5S. The van der Waals surface area contributed by atoms with Gasteiger partial charge < -0.3 is 10.6 Å². The molecule has 0 aliphatic carbocycles. The molecule has 0 saturated heterocycles. The lowest BCUT2D eigenvalue weighted by Crippen LogP contribution is -2.27. The molecule has 0 aliphatic rings. The van der Waals surface area contributed by atoms with E-state index >= 15 is 0 Å². The second-order valence-corrected chi connectivity index (χ2v) is 7.52. The third kappa shape index (κ3) is 6.18. The van der Waals surface area contributed by atoms with Crippen LogP contribution in [0.15, 0.2) is 59.5 Å². The van der Waals surface area contributed by atoms with Crippen LogP contribution in [0.3, 0.4) is 0 Å². The van der Waals surface area contributed by atoms with Gasteiger partial charge in [-0.15, -0.1) is 0 Å². The van der Waals surface area contributed by atoms with Gasteiger partial charge in [0.05, 0.1) is 9.82 Å². The predicted octanol–water partition coefficient (Wildman–Crippen LogP) is 1.74. The average Bonchev–Trinajstić information content (AvgIpc) is 2.70. The van der Waals surface area contributed by atoms with Crippen molar-refractivity contribution < 1.29 is 18.1 Å². The van der Waals surface area contributed by atoms with E-state index in [1.54, 1.807) is 30.3 Å². The number of nitro benzene ring substituents is 1. The Kier molecular flexibility index (Phi) is 7.24. The van der Waals surface area contributed by atoms with Gasteiger partial charge >= 0.3 is 0 Å². The quantitative estimate of drug-likeness (QED) is 0.253. The van der Waals surface area contributed by atoms with Crippen molar-refractivity contribution in [2.45, 2.75) is 4.90 Å². The number of hydrogen-bond donors (Lipinski definition) is 3. The molecule has 0 saturated carbocycles. The van der Waals surface area contributed by atoms with Crippen LogP contribution in [0, 0.1) is 10.1 Å². The van der Waals surface area contributed by atoms with Crippen LogP contribution in [-0.2, 0) is 14.8 Å². The lowest BCUT2D eigenvalue weighted by molar-refractivity contribution is -0.384. The average molecular weight is 404 g/mol. The van der Waals surface area contributed by atoms with E-state index in [0.29, 0.717) is 24.3 Å². The van der Waals surface area contributed by atoms with E-state index in [2.05, 4.69) is 15.4 Å². The van der Waals surface area contributed by atoms with Crippen molar-refractivity contribution in [1.29, 1.82) is 0 Å². The normalized spacial score (nSPS) is 11.3. The topological polar surface area (TPSA) is 130 Å². The third-order valence-electron chi connectivity index (χ3n) is 3.72. The van der Waals surface area contributed by atoms with E-state index in [1.165, 1.54) is 37.4 Å². The van der Waals surface area contributed by atoms with E-state index in [9.17, 15) is 23.3 Å². The summed E-state index contributed by atoms with van der Waals surface area (Å²) in [4.78, 5) is 22.1. The van der Waals surface area contributed by atoms with Gasteiger partial charge in [0, 0.05) is 37.0 Å². The summed E-state index contributed by atoms with van der Waals surface area (Å²) in [6.07, 6.45) is 2.93. The summed E-state index contributed by atoms with van der Waals surface area (Å²) in [6, 6.07) is 12.1. The van der Waals surface area contributed by atoms with Crippen LogP contribution in [0.25, 0.3) is 6.08 Å². The number of non-ortho nitro benzene ring substituents is 1. The fraction of sp³-hybridized carbons (Fsp3) is 0.167. The summed E-state index contributed by atoms with van der Waals surface area (Å²) >= 11 is 0. The van der Waals surface area contributed by atoms with E-state index in [4.69, 9.17) is 0 Å². The largest absolute Gasteiger partial charge is 0.383 e. The predicted molar refractivity (Wildman–Crippen MR) is 106 cm³/mol. The number of carbonyl (C=O) groups is 1. The van der Waals surface area contributed by atoms with Crippen molar-refractivity contribution in [1.82, 2.24) is 10.0 Å². The van der Waals surface area contributed by atoms with Gasteiger partial charge in [0.1, 0.15) is 0 Å². The summed E-state index contributed by atoms with van der Waals surface area (Å²) in [5.41, 5.74) is 1.42. The number of nitrogens with zero attached hydrogens (tertiary/aromatic N) is 1. The minimum absolute atomic E-state index is 0.0144. The third-order valence-corrected chi connectivity index (χ3v) is 5.15. The molecular weight excluding hydrogens is 384 g/mol. The number of anilines is 1. The molecule has 2 aromatic carbocycles. The fourth-order valence-corrected chi connectivity index (χ4v) is 2.93. The number of nitrogens with one attached hydrogen (secondary N) is 3. The molecule has 148 valence electrons. The Morgan fingerprint density at radius 1 is 1.07 bits per heavy atom. The highest BCUT2D eigenvalue weighted by Crippen LogP contribution is 2.15. The fourth-order valence-electron chi connectivity index (χ4n) is 2.20. The molecule has 0 radical (unpaired) electrons. The number of amides is 1. The first kappa shape index (κ1) is 21.1. The smallest absolute Gasteiger partial charge is 0.269 e. The summed E-state index contributed by atoms with van der Waals surface area (Å²) in [7, 11) is -2.15. The molecule has 0 fully saturated rings. The molecule has 10 heteroatoms. The van der Waals surface area contributed by atoms with Crippen molar-refractivity contribution in [2.24, 2.45) is 0 Å². The molecule has 0 spiro atoms. The second-order valence-electron chi connectivity index (χ2n) is 5.63. The van der Waals surface area contributed by atoms with Crippen LogP contribution < -0.4 is 15.4 Å². The Morgan fingerprint density at radius 2 is 1.71 bits per heavy atom. The Balaban J connectivity index is 1.77. The standard InChI is InChI=1S/C18H20N4O5S/c1-19-28(26,27)17-9-2-14(3-10-17)4-11-18(23)21-13-12-20-15-5-7-16(8-6-15)22(24)25/h2-11,19-20H,12-13H2,1H3,(H,21,23)/b11-4+. The van der Waals surface area contributed by atoms with E-state index in [0.717, 1.165) is 0 Å². The van der Waals surface area contributed by atoms with Crippen molar-refractivity contribution in [2.75, 3.05) is 25.5 Å². The molecule has 0 heterocycles. The lowest BCUT2D eigenvalue weighted by atomic mass is 10.2. The van der Waals surface area contributed by atoms with Crippen LogP contribution >= 0.6 is 0 Å². The van der Waals surface area contributed by atoms with Crippen LogP contribution in [0.5, 0.6) is 0 Å². The minimum Gasteiger partial charge on any atom is -0.383 e. The van der Waals surface area contributed by atoms with Crippen LogP contribution in [0.4, 0.5) is 11.4 Å². The maximum atomic E-state index is 11.8.